The third-order valence-electron chi connectivity index (χ3n) is 4.46. The fourth-order valence-electron chi connectivity index (χ4n) is 3.10. The van der Waals surface area contributed by atoms with Gasteiger partial charge in [0.15, 0.2) is 0 Å². The highest BCUT2D eigenvalue weighted by Crippen LogP contribution is 2.30. The van der Waals surface area contributed by atoms with Crippen LogP contribution in [0.3, 0.4) is 0 Å². The van der Waals surface area contributed by atoms with E-state index in [2.05, 4.69) is 0 Å². The molecule has 0 radical (unpaired) electrons. The highest BCUT2D eigenvalue weighted by Gasteiger charge is 2.36. The van der Waals surface area contributed by atoms with Crippen molar-refractivity contribution < 1.29 is 18.7 Å². The first-order chi connectivity index (χ1) is 12.5. The van der Waals surface area contributed by atoms with E-state index in [0.29, 0.717) is 36.7 Å². The van der Waals surface area contributed by atoms with Crippen molar-refractivity contribution >= 4 is 17.5 Å². The van der Waals surface area contributed by atoms with Gasteiger partial charge in [-0.05, 0) is 50.2 Å². The average molecular weight is 356 g/mol. The van der Waals surface area contributed by atoms with E-state index in [-0.39, 0.29) is 11.8 Å². The maximum Gasteiger partial charge on any atom is 0.254 e. The maximum atomic E-state index is 13.1. The molecule has 2 aromatic carbocycles. The largest absolute Gasteiger partial charge is 0.492 e. The third-order valence-corrected chi connectivity index (χ3v) is 4.46. The van der Waals surface area contributed by atoms with Crippen LogP contribution in [0.2, 0.25) is 0 Å². The van der Waals surface area contributed by atoms with E-state index < -0.39 is 11.9 Å². The number of halogens is 1. The molecule has 3 rings (SSSR count). The van der Waals surface area contributed by atoms with Crippen molar-refractivity contribution in [1.82, 2.24) is 4.90 Å². The molecule has 1 aliphatic heterocycles. The molecule has 1 fully saturated rings. The number of para-hydroxylation sites is 2. The molecule has 6 heteroatoms. The van der Waals surface area contributed by atoms with Gasteiger partial charge in [0.2, 0.25) is 5.91 Å². The number of benzene rings is 2. The third kappa shape index (κ3) is 3.40. The maximum absolute atomic E-state index is 13.1. The van der Waals surface area contributed by atoms with Crippen molar-refractivity contribution in [3.05, 3.63) is 59.9 Å². The Hall–Kier alpha value is -2.89. The first-order valence-corrected chi connectivity index (χ1v) is 8.62. The van der Waals surface area contributed by atoms with Crippen LogP contribution in [0.4, 0.5) is 10.1 Å². The summed E-state index contributed by atoms with van der Waals surface area (Å²) in [7, 11) is 0. The highest BCUT2D eigenvalue weighted by molar-refractivity contribution is 6.04. The van der Waals surface area contributed by atoms with Gasteiger partial charge in [0, 0.05) is 18.7 Å². The lowest BCUT2D eigenvalue weighted by molar-refractivity contribution is -0.124. The summed E-state index contributed by atoms with van der Waals surface area (Å²) in [5, 5.41) is 0. The van der Waals surface area contributed by atoms with Gasteiger partial charge in [-0.3, -0.25) is 9.59 Å². The summed E-state index contributed by atoms with van der Waals surface area (Å²) in [5.74, 6) is -0.195. The van der Waals surface area contributed by atoms with Gasteiger partial charge in [0.05, 0.1) is 12.3 Å². The number of piperazine rings is 1. The van der Waals surface area contributed by atoms with Gasteiger partial charge in [0.25, 0.3) is 5.91 Å². The molecular formula is C20H21FN2O3. The smallest absolute Gasteiger partial charge is 0.254 e. The van der Waals surface area contributed by atoms with Crippen LogP contribution >= 0.6 is 0 Å². The van der Waals surface area contributed by atoms with E-state index in [1.807, 2.05) is 31.2 Å². The number of anilines is 1. The Morgan fingerprint density at radius 3 is 2.54 bits per heavy atom. The molecule has 0 saturated carbocycles. The number of hydrogen-bond acceptors (Lipinski definition) is 3. The molecule has 0 N–H and O–H groups in total. The number of amides is 2. The van der Waals surface area contributed by atoms with Crippen LogP contribution in [-0.2, 0) is 4.79 Å². The van der Waals surface area contributed by atoms with E-state index >= 15 is 0 Å². The molecule has 26 heavy (non-hydrogen) atoms. The molecule has 136 valence electrons. The molecule has 0 spiro atoms. The number of carbonyl (C=O) groups is 2. The van der Waals surface area contributed by atoms with Gasteiger partial charge in [-0.25, -0.2) is 4.39 Å². The second-order valence-electron chi connectivity index (χ2n) is 6.07. The first-order valence-electron chi connectivity index (χ1n) is 8.62. The number of carbonyl (C=O) groups excluding carboxylic acids is 2. The monoisotopic (exact) mass is 356 g/mol. The summed E-state index contributed by atoms with van der Waals surface area (Å²) in [5.41, 5.74) is 1.08. The summed E-state index contributed by atoms with van der Waals surface area (Å²) >= 11 is 0. The van der Waals surface area contributed by atoms with E-state index in [0.717, 1.165) is 0 Å². The summed E-state index contributed by atoms with van der Waals surface area (Å²) in [6, 6.07) is 12.1. The fraction of sp³-hybridized carbons (Fsp3) is 0.300. The second kappa shape index (κ2) is 7.56. The Kier molecular flexibility index (Phi) is 5.21. The van der Waals surface area contributed by atoms with Gasteiger partial charge < -0.3 is 14.5 Å². The summed E-state index contributed by atoms with van der Waals surface area (Å²) < 4.78 is 18.7. The van der Waals surface area contributed by atoms with E-state index in [4.69, 9.17) is 4.74 Å². The minimum absolute atomic E-state index is 0.168. The minimum atomic E-state index is -0.615. The molecular weight excluding hydrogens is 335 g/mol. The summed E-state index contributed by atoms with van der Waals surface area (Å²) in [4.78, 5) is 28.8. The summed E-state index contributed by atoms with van der Waals surface area (Å²) in [6.07, 6.45) is 0. The van der Waals surface area contributed by atoms with Gasteiger partial charge >= 0.3 is 0 Å². The Bertz CT molecular complexity index is 807. The van der Waals surface area contributed by atoms with E-state index in [1.54, 1.807) is 11.8 Å². The zero-order chi connectivity index (χ0) is 18.7. The van der Waals surface area contributed by atoms with Crippen LogP contribution in [0.1, 0.15) is 24.2 Å². The van der Waals surface area contributed by atoms with Crippen LogP contribution in [0.15, 0.2) is 48.5 Å². The van der Waals surface area contributed by atoms with E-state index in [9.17, 15) is 14.0 Å². The van der Waals surface area contributed by atoms with Crippen LogP contribution in [0.25, 0.3) is 0 Å². The van der Waals surface area contributed by atoms with Gasteiger partial charge in [-0.2, -0.15) is 0 Å². The van der Waals surface area contributed by atoms with Crippen molar-refractivity contribution in [3.8, 4) is 5.75 Å². The van der Waals surface area contributed by atoms with Crippen molar-refractivity contribution in [2.24, 2.45) is 0 Å². The fourth-order valence-corrected chi connectivity index (χ4v) is 3.10. The molecule has 1 saturated heterocycles. The van der Waals surface area contributed by atoms with Gasteiger partial charge in [-0.1, -0.05) is 12.1 Å². The van der Waals surface area contributed by atoms with Crippen LogP contribution in [0, 0.1) is 5.82 Å². The minimum Gasteiger partial charge on any atom is -0.492 e. The SMILES string of the molecule is CCOc1ccccc1N1CCN(C(=O)c2ccc(F)cc2)[C@@H](C)C1=O. The summed E-state index contributed by atoms with van der Waals surface area (Å²) in [6.45, 7) is 4.87. The molecule has 2 amide bonds. The van der Waals surface area contributed by atoms with E-state index in [1.165, 1.54) is 29.2 Å². The predicted octanol–water partition coefficient (Wildman–Crippen LogP) is 3.10. The van der Waals surface area contributed by atoms with Crippen LogP contribution < -0.4 is 9.64 Å². The molecule has 1 heterocycles. The Morgan fingerprint density at radius 1 is 1.15 bits per heavy atom. The highest BCUT2D eigenvalue weighted by atomic mass is 19.1. The van der Waals surface area contributed by atoms with Crippen molar-refractivity contribution in [3.63, 3.8) is 0 Å². The average Bonchev–Trinajstić information content (AvgIpc) is 2.65. The Morgan fingerprint density at radius 2 is 1.85 bits per heavy atom. The molecule has 0 bridgehead atoms. The van der Waals surface area contributed by atoms with Gasteiger partial charge in [0.1, 0.15) is 17.6 Å². The molecule has 0 unspecified atom stereocenters. The van der Waals surface area contributed by atoms with Crippen LogP contribution in [-0.4, -0.2) is 42.5 Å². The topological polar surface area (TPSA) is 49.9 Å². The molecule has 0 aromatic heterocycles. The predicted molar refractivity (Wildman–Crippen MR) is 96.9 cm³/mol. The zero-order valence-corrected chi connectivity index (χ0v) is 14.8. The van der Waals surface area contributed by atoms with Crippen molar-refractivity contribution in [2.45, 2.75) is 19.9 Å². The number of nitrogens with zero attached hydrogens (tertiary/aromatic N) is 2. The molecule has 1 aliphatic rings. The van der Waals surface area contributed by atoms with Crippen molar-refractivity contribution in [2.75, 3.05) is 24.6 Å². The molecule has 0 aliphatic carbocycles. The standard InChI is InChI=1S/C20H21FN2O3/c1-3-26-18-7-5-4-6-17(18)23-13-12-22(14(2)19(23)24)20(25)15-8-10-16(21)11-9-15/h4-11,14H,3,12-13H2,1-2H3/t14-/m0/s1. The molecule has 2 aromatic rings. The van der Waals surface area contributed by atoms with Crippen LogP contribution in [0.5, 0.6) is 5.75 Å². The van der Waals surface area contributed by atoms with Crippen molar-refractivity contribution in [1.29, 1.82) is 0 Å². The second-order valence-corrected chi connectivity index (χ2v) is 6.07. The lowest BCUT2D eigenvalue weighted by Gasteiger charge is -2.39. The quantitative estimate of drug-likeness (QED) is 0.846. The molecule has 5 nitrogen and oxygen atoms in total. The Labute approximate surface area is 152 Å². The van der Waals surface area contributed by atoms with Gasteiger partial charge in [-0.15, -0.1) is 0 Å². The lowest BCUT2D eigenvalue weighted by atomic mass is 10.1. The Balaban J connectivity index is 1.81. The molecule has 1 atom stereocenters. The number of rotatable bonds is 4. The normalized spacial score (nSPS) is 17.3. The number of ether oxygens (including phenoxy) is 1. The number of hydrogen-bond donors (Lipinski definition) is 0. The zero-order valence-electron chi connectivity index (χ0n) is 14.8. The first kappa shape index (κ1) is 17.9. The lowest BCUT2D eigenvalue weighted by Crippen LogP contribution is -2.57.